The SMILES string of the molecule is CO[C@H](C(=O)[C@@H](O)[C@@H](C)O)C1Cc2cc3cc(O[C@H]4C[C@@H](O[C@H]5C[C@@H](O)[C@H](O)[C@@H](C)O5)[C@@H](O)[C@@H](C)O4)c(C)c(O)c3c(O)c2C(=O)[C@H]1O[C@H]1C[C@@H](O[C@H]2C[C@@H](O[C@H]3C[C@](C)(O)[C@H](O)[C@@H](C)O3)[C@H](O)[C@@H](C)O2)[C@H](O)[C@@H](C)O1.[Mg+2]. The van der Waals surface area contributed by atoms with Gasteiger partial charge in [0.1, 0.15) is 66.1 Å². The van der Waals surface area contributed by atoms with Gasteiger partial charge in [-0.15, -0.1) is 0 Å². The molecule has 0 bridgehead atoms. The molecule has 6 aliphatic rings. The molecule has 0 aromatic heterocycles. The molecule has 0 spiro atoms. The van der Waals surface area contributed by atoms with Crippen LogP contribution in [0, 0.1) is 12.8 Å². The van der Waals surface area contributed by atoms with Gasteiger partial charge in [-0.3, -0.25) is 9.59 Å². The molecule has 25 atom stereocenters. The van der Waals surface area contributed by atoms with Gasteiger partial charge in [-0.05, 0) is 84.9 Å². The van der Waals surface area contributed by atoms with Gasteiger partial charge in [-0.2, -0.15) is 0 Å². The normalized spacial score (nSPS) is 41.9. The average molecular weight is 1110 g/mol. The van der Waals surface area contributed by atoms with Crippen LogP contribution in [0.5, 0.6) is 17.2 Å². The topological polar surface area (TPSA) is 358 Å². The number of carbonyl (C=O) groups excluding carboxylic acids is 2. The number of aromatic hydroxyl groups is 2. The fourth-order valence-corrected chi connectivity index (χ4v) is 11.3. The molecule has 0 amide bonds. The molecule has 8 rings (SSSR count). The Balaban J connectivity index is 0.00000861. The minimum Gasteiger partial charge on any atom is -0.507 e. The number of carbonyl (C=O) groups is 2. The second-order valence-corrected chi connectivity index (χ2v) is 21.7. The van der Waals surface area contributed by atoms with Gasteiger partial charge >= 0.3 is 23.1 Å². The Morgan fingerprint density at radius 1 is 0.688 bits per heavy atom. The van der Waals surface area contributed by atoms with Crippen LogP contribution < -0.4 is 4.74 Å². The van der Waals surface area contributed by atoms with Crippen LogP contribution in [0.1, 0.15) is 102 Å². The zero-order chi connectivity index (χ0) is 55.6. The van der Waals surface area contributed by atoms with E-state index in [0.717, 1.165) is 0 Å². The molecule has 5 heterocycles. The van der Waals surface area contributed by atoms with Crippen molar-refractivity contribution in [3.63, 3.8) is 0 Å². The number of rotatable bonds is 15. The van der Waals surface area contributed by atoms with Crippen molar-refractivity contribution in [3.05, 3.63) is 28.8 Å². The summed E-state index contributed by atoms with van der Waals surface area (Å²) in [6.07, 6.45) is -27.0. The van der Waals surface area contributed by atoms with E-state index in [-0.39, 0.29) is 94.8 Å². The largest absolute Gasteiger partial charge is 2.00 e. The number of aliphatic hydroxyl groups excluding tert-OH is 8. The van der Waals surface area contributed by atoms with Crippen LogP contribution in [0.15, 0.2) is 12.1 Å². The molecular formula is C52H76MgO24+2. The molecule has 0 radical (unpaired) electrons. The van der Waals surface area contributed by atoms with Gasteiger partial charge in [-0.25, -0.2) is 0 Å². The van der Waals surface area contributed by atoms with Crippen LogP contribution in [0.2, 0.25) is 0 Å². The van der Waals surface area contributed by atoms with Gasteiger partial charge in [0.15, 0.2) is 36.7 Å². The molecule has 1 aliphatic carbocycles. The van der Waals surface area contributed by atoms with Crippen LogP contribution in [-0.2, 0) is 58.6 Å². The molecule has 2 aromatic carbocycles. The van der Waals surface area contributed by atoms with Gasteiger partial charge in [-0.1, -0.05) is 0 Å². The monoisotopic (exact) mass is 1110 g/mol. The molecule has 428 valence electrons. The number of phenolic OH excluding ortho intramolecular Hbond substituents is 2. The number of fused-ring (bicyclic) bond motifs is 2. The summed E-state index contributed by atoms with van der Waals surface area (Å²) >= 11 is 0. The maximum absolute atomic E-state index is 15.0. The predicted octanol–water partition coefficient (Wildman–Crippen LogP) is -0.630. The molecule has 0 saturated carbocycles. The molecule has 24 nitrogen and oxygen atoms in total. The number of Topliss-reactive ketones (excluding diaryl/α,β-unsaturated/α-hetero) is 2. The smallest absolute Gasteiger partial charge is 0.507 e. The first-order chi connectivity index (χ1) is 35.7. The van der Waals surface area contributed by atoms with Crippen molar-refractivity contribution < 1.29 is 118 Å². The van der Waals surface area contributed by atoms with Crippen LogP contribution in [-0.4, -0.2) is 245 Å². The second kappa shape index (κ2) is 24.9. The Hall–Kier alpha value is -2.55. The number of ketones is 2. The van der Waals surface area contributed by atoms with Crippen LogP contribution in [0.4, 0.5) is 0 Å². The van der Waals surface area contributed by atoms with Crippen molar-refractivity contribution >= 4 is 45.4 Å². The summed E-state index contributed by atoms with van der Waals surface area (Å²) in [5.74, 6) is -4.07. The van der Waals surface area contributed by atoms with Crippen molar-refractivity contribution in [2.45, 2.75) is 241 Å². The number of benzene rings is 2. The summed E-state index contributed by atoms with van der Waals surface area (Å²) in [7, 11) is 1.18. The van der Waals surface area contributed by atoms with E-state index in [1.807, 2.05) is 0 Å². The zero-order valence-corrected chi connectivity index (χ0v) is 46.1. The van der Waals surface area contributed by atoms with Gasteiger partial charge in [0, 0.05) is 50.7 Å². The third-order valence-corrected chi connectivity index (χ3v) is 15.9. The zero-order valence-electron chi connectivity index (χ0n) is 44.7. The van der Waals surface area contributed by atoms with E-state index >= 15 is 4.79 Å². The number of methoxy groups -OCH3 is 1. The first-order valence-electron chi connectivity index (χ1n) is 26.0. The van der Waals surface area contributed by atoms with E-state index in [2.05, 4.69) is 0 Å². The Bertz CT molecular complexity index is 2360. The summed E-state index contributed by atoms with van der Waals surface area (Å²) in [6, 6.07) is 3.03. The minimum atomic E-state index is -1.95. The third-order valence-electron chi connectivity index (χ3n) is 15.9. The summed E-state index contributed by atoms with van der Waals surface area (Å²) in [5.41, 5.74) is -1.47. The van der Waals surface area contributed by atoms with Gasteiger partial charge < -0.3 is 108 Å². The maximum atomic E-state index is 15.0. The molecule has 77 heavy (non-hydrogen) atoms. The summed E-state index contributed by atoms with van der Waals surface area (Å²) < 4.78 is 66.5. The Morgan fingerprint density at radius 3 is 1.69 bits per heavy atom. The average Bonchev–Trinajstić information content (AvgIpc) is 3.38. The number of hydrogen-bond donors (Lipinski definition) is 11. The Morgan fingerprint density at radius 2 is 1.17 bits per heavy atom. The van der Waals surface area contributed by atoms with E-state index in [1.54, 1.807) is 27.7 Å². The van der Waals surface area contributed by atoms with Crippen molar-refractivity contribution in [1.82, 2.24) is 0 Å². The van der Waals surface area contributed by atoms with E-state index in [0.29, 0.717) is 0 Å². The fraction of sp³-hybridized carbons (Fsp3) is 0.769. The van der Waals surface area contributed by atoms with Crippen LogP contribution in [0.3, 0.4) is 0 Å². The molecule has 5 saturated heterocycles. The van der Waals surface area contributed by atoms with Gasteiger partial charge in [0.2, 0.25) is 6.29 Å². The van der Waals surface area contributed by atoms with Crippen LogP contribution >= 0.6 is 0 Å². The number of aliphatic hydroxyl groups is 9. The number of phenols is 2. The number of hydrogen-bond acceptors (Lipinski definition) is 24. The first kappa shape index (κ1) is 62.1. The molecule has 25 heteroatoms. The van der Waals surface area contributed by atoms with Gasteiger partial charge in [0.25, 0.3) is 0 Å². The van der Waals surface area contributed by atoms with E-state index < -0.39 is 176 Å². The Labute approximate surface area is 461 Å². The molecule has 2 aromatic rings. The van der Waals surface area contributed by atoms with E-state index in [9.17, 15) is 61.0 Å². The molecule has 5 aliphatic heterocycles. The number of ether oxygens (including phenoxy) is 11. The third kappa shape index (κ3) is 12.9. The standard InChI is InChI=1S/C52H76O24.Mg/c1-18-29(72-34-14-30(43(58)21(4)68-34)73-33-13-28(54)42(57)20(3)67-33)12-26-10-25-11-27(49(66-9)48(63)41(56)19(2)53)50(47(62)39(25)46(61)38(26)40(18)55)76-36-16-31(44(59)23(6)70-36)74-35-15-32(45(60)22(5)69-35)75-37-17-52(8,65)51(64)24(7)71-37;/h10,12,19-24,27-28,30-37,41-45,49-51,53-61,64-65H,11,13-17H2,1-9H3;/q;+2/t19-,20-,21-,22-,23-,24-,27?,28-,30-,31-,32-,33+,34+,35+,36+,37+,41+,42-,43+,44-,45-,49+,50+,51-,52+;/m1./s1. The quantitative estimate of drug-likeness (QED) is 0.0989. The molecule has 5 fully saturated rings. The fourth-order valence-electron chi connectivity index (χ4n) is 11.3. The van der Waals surface area contributed by atoms with Crippen molar-refractivity contribution in [2.24, 2.45) is 5.92 Å². The van der Waals surface area contributed by atoms with Crippen molar-refractivity contribution in [2.75, 3.05) is 7.11 Å². The van der Waals surface area contributed by atoms with Crippen molar-refractivity contribution in [1.29, 1.82) is 0 Å². The molecule has 1 unspecified atom stereocenters. The van der Waals surface area contributed by atoms with E-state index in [1.165, 1.54) is 46.9 Å². The minimum absolute atomic E-state index is 0. The van der Waals surface area contributed by atoms with Crippen molar-refractivity contribution in [3.8, 4) is 17.2 Å². The van der Waals surface area contributed by atoms with E-state index in [4.69, 9.17) is 52.1 Å². The molecule has 11 N–H and O–H groups in total. The Kier molecular flexibility index (Phi) is 20.1. The first-order valence-corrected chi connectivity index (χ1v) is 26.0. The maximum Gasteiger partial charge on any atom is 2.00 e. The summed E-state index contributed by atoms with van der Waals surface area (Å²) in [6.45, 7) is 12.1. The second-order valence-electron chi connectivity index (χ2n) is 21.7. The summed E-state index contributed by atoms with van der Waals surface area (Å²) in [5, 5.41) is 120. The summed E-state index contributed by atoms with van der Waals surface area (Å²) in [4.78, 5) is 28.9. The van der Waals surface area contributed by atoms with Gasteiger partial charge in [0.05, 0.1) is 77.6 Å². The molecular weight excluding hydrogens is 1030 g/mol. The predicted molar refractivity (Wildman–Crippen MR) is 264 cm³/mol. The van der Waals surface area contributed by atoms with Crippen LogP contribution in [0.25, 0.3) is 10.8 Å².